The van der Waals surface area contributed by atoms with Crippen LogP contribution in [-0.4, -0.2) is 70.3 Å². The monoisotopic (exact) mass is 413 g/mol. The fourth-order valence-electron chi connectivity index (χ4n) is 5.62. The van der Waals surface area contributed by atoms with E-state index in [1.54, 1.807) is 11.9 Å². The van der Waals surface area contributed by atoms with Gasteiger partial charge in [-0.1, -0.05) is 17.8 Å². The lowest BCUT2D eigenvalue weighted by atomic mass is 9.95. The number of aryl methyl sites for hydroxylation is 1. The zero-order valence-corrected chi connectivity index (χ0v) is 18.2. The van der Waals surface area contributed by atoms with E-state index in [1.165, 1.54) is 43.4 Å². The van der Waals surface area contributed by atoms with Crippen molar-refractivity contribution in [2.75, 3.05) is 33.2 Å². The number of aliphatic imine (C=N–C) groups is 1. The molecule has 1 atom stereocenters. The highest BCUT2D eigenvalue weighted by molar-refractivity contribution is 6.19. The Balaban J connectivity index is 1.41. The van der Waals surface area contributed by atoms with Crippen LogP contribution in [0.25, 0.3) is 0 Å². The molecular weight excluding hydrogens is 380 g/mol. The molecule has 162 valence electrons. The van der Waals surface area contributed by atoms with Crippen LogP contribution in [0.15, 0.2) is 11.2 Å². The van der Waals surface area contributed by atoms with Gasteiger partial charge in [0.2, 0.25) is 11.9 Å². The van der Waals surface area contributed by atoms with Gasteiger partial charge in [0.25, 0.3) is 5.91 Å². The summed E-state index contributed by atoms with van der Waals surface area (Å²) in [7, 11) is 1.75. The van der Waals surface area contributed by atoms with Gasteiger partial charge in [0.1, 0.15) is 11.9 Å². The van der Waals surface area contributed by atoms with Gasteiger partial charge in [0.15, 0.2) is 0 Å². The maximum Gasteiger partial charge on any atom is 0.402 e. The summed E-state index contributed by atoms with van der Waals surface area (Å²) in [5.74, 6) is 1.25. The number of fused-ring (bicyclic) bond motifs is 3. The number of amides is 3. The van der Waals surface area contributed by atoms with Gasteiger partial charge in [-0.3, -0.25) is 14.6 Å². The molecule has 8 nitrogen and oxygen atoms in total. The van der Waals surface area contributed by atoms with Crippen LogP contribution in [0.1, 0.15) is 69.1 Å². The van der Waals surface area contributed by atoms with E-state index >= 15 is 0 Å². The average molecular weight is 414 g/mol. The Labute approximate surface area is 178 Å². The summed E-state index contributed by atoms with van der Waals surface area (Å²) >= 11 is 0. The topological polar surface area (TPSA) is 65.0 Å². The maximum atomic E-state index is 13.4. The standard InChI is InChI=1S/C22H33N6O2/c1-16-15-27-18-19(23-21(27)28(16)17-9-5-3-6-10-17)24(2)22(30)26(20(18)29)14-13-25-11-7-4-8-12-25/h15,17-18H,3-14H2,1-2H3/q+1. The molecule has 30 heavy (non-hydrogen) atoms. The molecule has 1 saturated carbocycles. The molecule has 0 bridgehead atoms. The van der Waals surface area contributed by atoms with Gasteiger partial charge < -0.3 is 4.90 Å². The summed E-state index contributed by atoms with van der Waals surface area (Å²) in [5, 5.41) is 0. The molecule has 5 rings (SSSR count). The number of likely N-dealkylation sites (N-methyl/N-ethyl adjacent to an activating group) is 1. The van der Waals surface area contributed by atoms with E-state index in [9.17, 15) is 9.59 Å². The first-order valence-electron chi connectivity index (χ1n) is 11.6. The molecule has 1 unspecified atom stereocenters. The van der Waals surface area contributed by atoms with Crippen molar-refractivity contribution in [2.24, 2.45) is 4.99 Å². The highest BCUT2D eigenvalue weighted by Gasteiger charge is 2.53. The van der Waals surface area contributed by atoms with Crippen molar-refractivity contribution in [1.82, 2.24) is 19.3 Å². The second-order valence-corrected chi connectivity index (χ2v) is 9.25. The van der Waals surface area contributed by atoms with E-state index < -0.39 is 6.04 Å². The summed E-state index contributed by atoms with van der Waals surface area (Å²) in [6.45, 7) is 5.43. The second kappa shape index (κ2) is 7.80. The number of hydrogen-bond donors (Lipinski definition) is 0. The van der Waals surface area contributed by atoms with Gasteiger partial charge in [0, 0.05) is 20.1 Å². The molecule has 2 saturated heterocycles. The van der Waals surface area contributed by atoms with Gasteiger partial charge in [0.05, 0.1) is 6.04 Å². The van der Waals surface area contributed by atoms with E-state index in [4.69, 9.17) is 4.99 Å². The summed E-state index contributed by atoms with van der Waals surface area (Å²) in [6.07, 6.45) is 11.8. The molecule has 0 radical (unpaired) electrons. The van der Waals surface area contributed by atoms with Gasteiger partial charge >= 0.3 is 12.0 Å². The normalized spacial score (nSPS) is 25.5. The lowest BCUT2D eigenvalue weighted by Crippen LogP contribution is -2.63. The zero-order valence-electron chi connectivity index (χ0n) is 18.2. The summed E-state index contributed by atoms with van der Waals surface area (Å²) in [4.78, 5) is 36.6. The minimum atomic E-state index is -0.521. The molecule has 0 spiro atoms. The van der Waals surface area contributed by atoms with Gasteiger partial charge in [-0.15, -0.1) is 0 Å². The van der Waals surface area contributed by atoms with E-state index in [2.05, 4.69) is 22.6 Å². The third-order valence-electron chi connectivity index (χ3n) is 7.28. The van der Waals surface area contributed by atoms with Crippen molar-refractivity contribution in [3.8, 4) is 0 Å². The molecule has 8 heteroatoms. The van der Waals surface area contributed by atoms with Gasteiger partial charge in [-0.05, 0) is 58.5 Å². The second-order valence-electron chi connectivity index (χ2n) is 9.25. The van der Waals surface area contributed by atoms with Gasteiger partial charge in [-0.25, -0.2) is 13.9 Å². The molecule has 0 aromatic carbocycles. The summed E-state index contributed by atoms with van der Waals surface area (Å²) < 4.78 is 4.30. The van der Waals surface area contributed by atoms with Crippen LogP contribution < -0.4 is 4.57 Å². The molecule has 3 amide bonds. The molecule has 3 aliphatic heterocycles. The first-order chi connectivity index (χ1) is 14.6. The first-order valence-corrected chi connectivity index (χ1v) is 11.6. The van der Waals surface area contributed by atoms with Crippen LogP contribution in [0, 0.1) is 6.92 Å². The Morgan fingerprint density at radius 2 is 1.73 bits per heavy atom. The van der Waals surface area contributed by atoms with E-state index in [1.807, 2.05) is 4.57 Å². The van der Waals surface area contributed by atoms with Crippen molar-refractivity contribution in [3.63, 3.8) is 0 Å². The van der Waals surface area contributed by atoms with Crippen LogP contribution in [0.3, 0.4) is 0 Å². The van der Waals surface area contributed by atoms with Crippen molar-refractivity contribution in [2.45, 2.75) is 70.4 Å². The quantitative estimate of drug-likeness (QED) is 0.713. The Hall–Kier alpha value is -2.22. The number of likely N-dealkylation sites (tertiary alicyclic amines) is 1. The SMILES string of the molecule is Cc1c[n+]2c(n1C1CCCCC1)N=C1C2C(=O)N(CCN2CCCCC2)C(=O)N1C. The van der Waals surface area contributed by atoms with E-state index in [-0.39, 0.29) is 11.9 Å². The average Bonchev–Trinajstić information content (AvgIpc) is 3.28. The number of imidazole rings is 1. The number of amidine groups is 1. The Morgan fingerprint density at radius 1 is 1.03 bits per heavy atom. The summed E-state index contributed by atoms with van der Waals surface area (Å²) in [6, 6.07) is -0.336. The number of hydrogen-bond acceptors (Lipinski definition) is 4. The highest BCUT2D eigenvalue weighted by atomic mass is 16.2. The van der Waals surface area contributed by atoms with Crippen LogP contribution >= 0.6 is 0 Å². The number of rotatable bonds is 4. The van der Waals surface area contributed by atoms with Gasteiger partial charge in [-0.2, -0.15) is 0 Å². The van der Waals surface area contributed by atoms with Crippen molar-refractivity contribution >= 4 is 23.7 Å². The zero-order chi connectivity index (χ0) is 20.8. The minimum Gasteiger partial charge on any atom is -0.302 e. The van der Waals surface area contributed by atoms with Crippen molar-refractivity contribution in [3.05, 3.63) is 11.9 Å². The predicted octanol–water partition coefficient (Wildman–Crippen LogP) is 2.55. The number of carbonyl (C=O) groups is 2. The maximum absolute atomic E-state index is 13.4. The van der Waals surface area contributed by atoms with Crippen molar-refractivity contribution < 1.29 is 14.2 Å². The Kier molecular flexibility index (Phi) is 5.13. The van der Waals surface area contributed by atoms with Crippen molar-refractivity contribution in [1.29, 1.82) is 0 Å². The summed E-state index contributed by atoms with van der Waals surface area (Å²) in [5.41, 5.74) is 1.15. The fourth-order valence-corrected chi connectivity index (χ4v) is 5.62. The number of carbonyl (C=O) groups excluding carboxylic acids is 2. The van der Waals surface area contributed by atoms with E-state index in [0.717, 1.165) is 44.1 Å². The number of imide groups is 1. The molecule has 4 aliphatic rings. The van der Waals surface area contributed by atoms with Crippen LogP contribution in [-0.2, 0) is 4.79 Å². The molecule has 1 aliphatic carbocycles. The molecule has 0 N–H and O–H groups in total. The number of nitrogens with zero attached hydrogens (tertiary/aromatic N) is 6. The molecule has 4 heterocycles. The number of aromatic nitrogens is 2. The van der Waals surface area contributed by atoms with Crippen LogP contribution in [0.5, 0.6) is 0 Å². The molecule has 1 aromatic heterocycles. The highest BCUT2D eigenvalue weighted by Crippen LogP contribution is 2.36. The largest absolute Gasteiger partial charge is 0.402 e. The first kappa shape index (κ1) is 19.7. The lowest BCUT2D eigenvalue weighted by Gasteiger charge is -2.35. The van der Waals surface area contributed by atoms with Crippen LogP contribution in [0.4, 0.5) is 10.7 Å². The minimum absolute atomic E-state index is 0.140. The third kappa shape index (κ3) is 3.16. The lowest BCUT2D eigenvalue weighted by molar-refractivity contribution is -0.677. The predicted molar refractivity (Wildman–Crippen MR) is 113 cm³/mol. The van der Waals surface area contributed by atoms with Crippen LogP contribution in [0.2, 0.25) is 0 Å². The Bertz CT molecular complexity index is 878. The molecule has 1 aromatic rings. The smallest absolute Gasteiger partial charge is 0.302 e. The molecular formula is C22H33N6O2+. The third-order valence-corrected chi connectivity index (χ3v) is 7.28. The number of urea groups is 1. The Morgan fingerprint density at radius 3 is 2.47 bits per heavy atom. The molecule has 3 fully saturated rings. The van der Waals surface area contributed by atoms with E-state index in [0.29, 0.717) is 18.4 Å². The fraction of sp³-hybridized carbons (Fsp3) is 0.727. The number of piperidine rings is 1.